The highest BCUT2D eigenvalue weighted by molar-refractivity contribution is 8.00. The average molecular weight is 913 g/mol. The first-order chi connectivity index (χ1) is 29.7. The van der Waals surface area contributed by atoms with Crippen LogP contribution < -0.4 is 9.47 Å². The van der Waals surface area contributed by atoms with Gasteiger partial charge in [-0.05, 0) is 113 Å². The van der Waals surface area contributed by atoms with E-state index in [1.807, 2.05) is 0 Å². The summed E-state index contributed by atoms with van der Waals surface area (Å²) in [6.07, 6.45) is 2.89. The Bertz CT molecular complexity index is 2060. The lowest BCUT2D eigenvalue weighted by Crippen LogP contribution is -2.17. The summed E-state index contributed by atoms with van der Waals surface area (Å²) in [4.78, 5) is 22.5. The highest BCUT2D eigenvalue weighted by Gasteiger charge is 2.28. The third-order valence-electron chi connectivity index (χ3n) is 11.8. The summed E-state index contributed by atoms with van der Waals surface area (Å²) in [5.41, 5.74) is 10.4. The number of aromatic hydroxyl groups is 2. The van der Waals surface area contributed by atoms with Gasteiger partial charge < -0.3 is 29.9 Å². The molecule has 0 spiro atoms. The maximum atomic E-state index is 12.5. The molecule has 64 heavy (non-hydrogen) atoms. The van der Waals surface area contributed by atoms with Crippen LogP contribution in [0, 0.1) is 0 Å². The molecule has 0 aromatic heterocycles. The van der Waals surface area contributed by atoms with Gasteiger partial charge in [-0.1, -0.05) is 132 Å². The number of hydrogen-bond acceptors (Lipinski definition) is 8. The van der Waals surface area contributed by atoms with Gasteiger partial charge in [-0.2, -0.15) is 23.5 Å². The first-order valence-corrected chi connectivity index (χ1v) is 24.9. The fourth-order valence-corrected chi connectivity index (χ4v) is 9.29. The minimum absolute atomic E-state index is 0.0384. The van der Waals surface area contributed by atoms with Crippen molar-refractivity contribution in [2.75, 3.05) is 36.2 Å². The molecule has 0 saturated heterocycles. The molecule has 4 aromatic rings. The molecule has 0 radical (unpaired) electrons. The van der Waals surface area contributed by atoms with Crippen molar-refractivity contribution in [2.24, 2.45) is 0 Å². The van der Waals surface area contributed by atoms with Gasteiger partial charge in [0, 0.05) is 25.7 Å². The van der Waals surface area contributed by atoms with E-state index in [0.717, 1.165) is 78.3 Å². The van der Waals surface area contributed by atoms with Gasteiger partial charge in [0.05, 0.1) is 24.7 Å². The standard InChI is InChI=1S/C54H72O8S2/c1-51(2,3)41-23-33-19-37-27-43(53(7,8)9)29-39(49(37)61-15-13-17-63-31-45(55)56)21-35-25-42(52(4,5)6)26-36(48(35)60)22-40-30-44(54(10,11)12)28-38(20-34(24-41)47(33)59)50(40)62-16-14-18-64-32-46(57)58/h23-30,59-60H,13-22,31-32H2,1-12H3,(H,55,56)(H,57,58). The second-order valence-electron chi connectivity index (χ2n) is 21.5. The summed E-state index contributed by atoms with van der Waals surface area (Å²) in [5.74, 6) is 1.60. The van der Waals surface area contributed by atoms with Gasteiger partial charge in [0.15, 0.2) is 0 Å². The molecule has 0 saturated carbocycles. The van der Waals surface area contributed by atoms with Gasteiger partial charge in [-0.15, -0.1) is 0 Å². The van der Waals surface area contributed by atoms with Gasteiger partial charge in [0.25, 0.3) is 0 Å². The monoisotopic (exact) mass is 912 g/mol. The van der Waals surface area contributed by atoms with Gasteiger partial charge in [0.1, 0.15) is 23.0 Å². The van der Waals surface area contributed by atoms with Gasteiger partial charge in [-0.3, -0.25) is 9.59 Å². The van der Waals surface area contributed by atoms with E-state index in [9.17, 15) is 30.0 Å². The summed E-state index contributed by atoms with van der Waals surface area (Å²) in [6, 6.07) is 17.4. The number of benzene rings is 4. The number of thioether (sulfide) groups is 2. The zero-order chi connectivity index (χ0) is 47.4. The topological polar surface area (TPSA) is 134 Å². The van der Waals surface area contributed by atoms with E-state index < -0.39 is 11.9 Å². The second-order valence-corrected chi connectivity index (χ2v) is 23.7. The molecule has 8 nitrogen and oxygen atoms in total. The van der Waals surface area contributed by atoms with Crippen molar-refractivity contribution < 1.29 is 39.5 Å². The fourth-order valence-electron chi connectivity index (χ4n) is 8.01. The van der Waals surface area contributed by atoms with Crippen LogP contribution in [0.2, 0.25) is 0 Å². The molecule has 1 aliphatic rings. The minimum Gasteiger partial charge on any atom is -0.507 e. The van der Waals surface area contributed by atoms with Crippen LogP contribution in [0.1, 0.15) is 163 Å². The van der Waals surface area contributed by atoms with E-state index in [1.54, 1.807) is 0 Å². The molecular formula is C54H72O8S2. The molecule has 0 unspecified atom stereocenters. The van der Waals surface area contributed by atoms with Crippen molar-refractivity contribution in [3.63, 3.8) is 0 Å². The maximum Gasteiger partial charge on any atom is 0.313 e. The average Bonchev–Trinajstić information content (AvgIpc) is 3.16. The Morgan fingerprint density at radius 2 is 0.688 bits per heavy atom. The van der Waals surface area contributed by atoms with E-state index in [0.29, 0.717) is 63.2 Å². The molecule has 0 amide bonds. The molecule has 8 bridgehead atoms. The number of phenolic OH excluding ortho intramolecular Hbond substituents is 2. The molecule has 5 rings (SSSR count). The van der Waals surface area contributed by atoms with Gasteiger partial charge >= 0.3 is 11.9 Å². The third kappa shape index (κ3) is 13.4. The van der Waals surface area contributed by atoms with Crippen molar-refractivity contribution in [1.82, 2.24) is 0 Å². The largest absolute Gasteiger partial charge is 0.507 e. The number of phenols is 2. The van der Waals surface area contributed by atoms with Gasteiger partial charge in [-0.25, -0.2) is 0 Å². The molecule has 348 valence electrons. The number of carboxylic acid groups (broad SMARTS) is 2. The highest BCUT2D eigenvalue weighted by Crippen LogP contribution is 2.44. The van der Waals surface area contributed by atoms with Gasteiger partial charge in [0.2, 0.25) is 0 Å². The number of carbonyl (C=O) groups is 2. The summed E-state index contributed by atoms with van der Waals surface area (Å²) in [5, 5.41) is 43.5. The molecule has 1 aliphatic carbocycles. The summed E-state index contributed by atoms with van der Waals surface area (Å²) in [7, 11) is 0. The smallest absolute Gasteiger partial charge is 0.313 e. The highest BCUT2D eigenvalue weighted by atomic mass is 32.2. The normalized spacial score (nSPS) is 13.4. The summed E-state index contributed by atoms with van der Waals surface area (Å²) < 4.78 is 13.6. The van der Waals surface area contributed by atoms with Crippen molar-refractivity contribution in [3.8, 4) is 23.0 Å². The lowest BCUT2D eigenvalue weighted by molar-refractivity contribution is -0.134. The first kappa shape index (κ1) is 50.7. The van der Waals surface area contributed by atoms with Crippen LogP contribution in [0.5, 0.6) is 23.0 Å². The van der Waals surface area contributed by atoms with Crippen LogP contribution in [0.4, 0.5) is 0 Å². The Labute approximate surface area is 391 Å². The van der Waals surface area contributed by atoms with Crippen molar-refractivity contribution >= 4 is 35.5 Å². The molecule has 0 heterocycles. The van der Waals surface area contributed by atoms with Crippen molar-refractivity contribution in [2.45, 2.75) is 143 Å². The fraction of sp³-hybridized carbons (Fsp3) is 0.519. The van der Waals surface area contributed by atoms with Crippen LogP contribution >= 0.6 is 23.5 Å². The molecule has 4 N–H and O–H groups in total. The lowest BCUT2D eigenvalue weighted by Gasteiger charge is -2.28. The number of hydrogen-bond donors (Lipinski definition) is 4. The molecule has 0 aliphatic heterocycles. The minimum atomic E-state index is -0.837. The number of fused-ring (bicyclic) bond motifs is 8. The Balaban J connectivity index is 1.83. The molecule has 4 aromatic carbocycles. The Hall–Kier alpha value is -4.28. The van der Waals surface area contributed by atoms with Crippen LogP contribution in [-0.2, 0) is 56.9 Å². The second kappa shape index (κ2) is 20.5. The predicted molar refractivity (Wildman–Crippen MR) is 265 cm³/mol. The van der Waals surface area contributed by atoms with Crippen molar-refractivity contribution in [3.05, 3.63) is 115 Å². The number of carboxylic acids is 2. The predicted octanol–water partition coefficient (Wildman–Crippen LogP) is 12.1. The van der Waals surface area contributed by atoms with E-state index in [2.05, 4.69) is 132 Å². The molecule has 10 heteroatoms. The lowest BCUT2D eigenvalue weighted by atomic mass is 9.79. The number of aliphatic carboxylic acids is 2. The van der Waals surface area contributed by atoms with Crippen LogP contribution in [0.3, 0.4) is 0 Å². The summed E-state index contributed by atoms with van der Waals surface area (Å²) in [6.45, 7) is 27.1. The third-order valence-corrected chi connectivity index (χ3v) is 13.9. The number of ether oxygens (including phenoxy) is 2. The quantitative estimate of drug-likeness (QED) is 0.0798. The molecular weight excluding hydrogens is 841 g/mol. The van der Waals surface area contributed by atoms with E-state index in [1.165, 1.54) is 23.5 Å². The maximum absolute atomic E-state index is 12.5. The first-order valence-electron chi connectivity index (χ1n) is 22.6. The summed E-state index contributed by atoms with van der Waals surface area (Å²) >= 11 is 2.74. The molecule has 0 fully saturated rings. The van der Waals surface area contributed by atoms with E-state index in [-0.39, 0.29) is 44.7 Å². The SMILES string of the molecule is CC(C)(C)c1cc2c(O)c(c1)Cc1cc(C(C)(C)C)cc(c1OCCCSCC(=O)O)Cc1cc(C(C)(C)C)cc(c1O)Cc1cc(C(C)(C)C)cc(c1OCCCSCC(=O)O)C2. The van der Waals surface area contributed by atoms with Crippen molar-refractivity contribution in [1.29, 1.82) is 0 Å². The Morgan fingerprint density at radius 1 is 0.453 bits per heavy atom. The molecule has 0 atom stereocenters. The number of rotatable bonds is 14. The zero-order valence-corrected chi connectivity index (χ0v) is 42.0. The van der Waals surface area contributed by atoms with E-state index >= 15 is 0 Å². The Morgan fingerprint density at radius 3 is 0.906 bits per heavy atom. The Kier molecular flexibility index (Phi) is 16.2. The van der Waals surface area contributed by atoms with Crippen LogP contribution in [0.25, 0.3) is 0 Å². The van der Waals surface area contributed by atoms with E-state index in [4.69, 9.17) is 9.47 Å². The van der Waals surface area contributed by atoms with Crippen LogP contribution in [0.15, 0.2) is 48.5 Å². The zero-order valence-electron chi connectivity index (χ0n) is 40.3. The van der Waals surface area contributed by atoms with Crippen LogP contribution in [-0.4, -0.2) is 68.6 Å².